The minimum atomic E-state index is -2.42. The fraction of sp³-hybridized carbons (Fsp3) is 0.462. The molecule has 0 saturated carbocycles. The topological polar surface area (TPSA) is 41.1 Å². The number of carbonyl (C=O) groups is 1. The molecule has 1 heterocycles. The van der Waals surface area contributed by atoms with Crippen molar-refractivity contribution in [1.82, 2.24) is 5.32 Å². The van der Waals surface area contributed by atoms with E-state index in [0.29, 0.717) is 22.3 Å². The largest absolute Gasteiger partial charge is 0.325 e. The van der Waals surface area contributed by atoms with Crippen molar-refractivity contribution in [1.29, 1.82) is 0 Å². The fourth-order valence-corrected chi connectivity index (χ4v) is 2.52. The third kappa shape index (κ3) is 5.26. The van der Waals surface area contributed by atoms with E-state index >= 15 is 0 Å². The van der Waals surface area contributed by atoms with Gasteiger partial charge in [-0.3, -0.25) is 4.79 Å². The lowest BCUT2D eigenvalue weighted by atomic mass is 10.0. The molecule has 1 aromatic rings. The third-order valence-electron chi connectivity index (χ3n) is 2.97. The lowest BCUT2D eigenvalue weighted by Gasteiger charge is -2.22. The summed E-state index contributed by atoms with van der Waals surface area (Å²) in [5, 5.41) is 5.96. The molecule has 2 rings (SSSR count). The van der Waals surface area contributed by atoms with Crippen molar-refractivity contribution in [2.24, 2.45) is 0 Å². The van der Waals surface area contributed by atoms with E-state index in [9.17, 15) is 13.6 Å². The van der Waals surface area contributed by atoms with Crippen LogP contribution in [0.1, 0.15) is 19.3 Å². The van der Waals surface area contributed by atoms with Crippen LogP contribution in [-0.2, 0) is 4.79 Å². The number of benzene rings is 1. The summed E-state index contributed by atoms with van der Waals surface area (Å²) in [5.74, 6) is -2.49. The number of thioether (sulfide) groups is 1. The Kier molecular flexibility index (Phi) is 7.26. The molecule has 1 saturated heterocycles. The smallest absolute Gasteiger partial charge is 0.288 e. The SMILES string of the molecule is Cl.O=C(Nc1ccc(SC(F)F)cc1)[C@H]1CCCCN1. The van der Waals surface area contributed by atoms with Gasteiger partial charge in [-0.15, -0.1) is 12.4 Å². The molecule has 1 fully saturated rings. The molecule has 0 bridgehead atoms. The number of rotatable bonds is 4. The maximum Gasteiger partial charge on any atom is 0.288 e. The van der Waals surface area contributed by atoms with Gasteiger partial charge in [-0.25, -0.2) is 0 Å². The van der Waals surface area contributed by atoms with Crippen LogP contribution in [-0.4, -0.2) is 24.3 Å². The number of hydrogen-bond acceptors (Lipinski definition) is 3. The second-order valence-electron chi connectivity index (χ2n) is 4.39. The predicted molar refractivity (Wildman–Crippen MR) is 79.8 cm³/mol. The van der Waals surface area contributed by atoms with Crippen molar-refractivity contribution in [3.63, 3.8) is 0 Å². The average molecular weight is 323 g/mol. The fourth-order valence-electron chi connectivity index (χ4n) is 2.02. The highest BCUT2D eigenvalue weighted by atomic mass is 35.5. The summed E-state index contributed by atoms with van der Waals surface area (Å²) in [6.45, 7) is 0.863. The first kappa shape index (κ1) is 17.2. The van der Waals surface area contributed by atoms with E-state index in [-0.39, 0.29) is 24.4 Å². The van der Waals surface area contributed by atoms with Gasteiger partial charge in [-0.05, 0) is 43.7 Å². The van der Waals surface area contributed by atoms with Crippen molar-refractivity contribution in [3.05, 3.63) is 24.3 Å². The molecule has 1 aromatic carbocycles. The first-order valence-electron chi connectivity index (χ1n) is 6.24. The summed E-state index contributed by atoms with van der Waals surface area (Å²) >= 11 is 0.496. The van der Waals surface area contributed by atoms with E-state index in [1.165, 1.54) is 0 Å². The number of piperidine rings is 1. The highest BCUT2D eigenvalue weighted by Gasteiger charge is 2.20. The van der Waals surface area contributed by atoms with Gasteiger partial charge in [0.2, 0.25) is 5.91 Å². The molecular formula is C13H17ClF2N2OS. The molecule has 112 valence electrons. The maximum atomic E-state index is 12.2. The monoisotopic (exact) mass is 322 g/mol. The van der Waals surface area contributed by atoms with Crippen LogP contribution in [0.2, 0.25) is 0 Å². The number of nitrogens with one attached hydrogen (secondary N) is 2. The molecule has 7 heteroatoms. The van der Waals surface area contributed by atoms with Gasteiger partial charge >= 0.3 is 0 Å². The first-order chi connectivity index (χ1) is 9.15. The molecule has 3 nitrogen and oxygen atoms in total. The summed E-state index contributed by atoms with van der Waals surface area (Å²) in [4.78, 5) is 12.4. The zero-order valence-corrected chi connectivity index (χ0v) is 12.4. The molecule has 2 N–H and O–H groups in total. The van der Waals surface area contributed by atoms with E-state index in [4.69, 9.17) is 0 Å². The standard InChI is InChI=1S/C13H16F2N2OS.ClH/c14-13(15)19-10-6-4-9(5-7-10)17-12(18)11-3-1-2-8-16-11;/h4-7,11,13,16H,1-3,8H2,(H,17,18);1H/t11-;/m1./s1. The van der Waals surface area contributed by atoms with Gasteiger partial charge in [0.05, 0.1) is 6.04 Å². The van der Waals surface area contributed by atoms with Crippen molar-refractivity contribution in [2.75, 3.05) is 11.9 Å². The van der Waals surface area contributed by atoms with Crippen LogP contribution < -0.4 is 10.6 Å². The molecule has 1 amide bonds. The van der Waals surface area contributed by atoms with Crippen molar-refractivity contribution in [3.8, 4) is 0 Å². The van der Waals surface area contributed by atoms with Crippen LogP contribution in [0.15, 0.2) is 29.2 Å². The number of carbonyl (C=O) groups excluding carboxylic acids is 1. The molecule has 1 aliphatic rings. The van der Waals surface area contributed by atoms with Crippen molar-refractivity contribution in [2.45, 2.75) is 36.0 Å². The van der Waals surface area contributed by atoms with E-state index < -0.39 is 5.76 Å². The first-order valence-corrected chi connectivity index (χ1v) is 7.12. The summed E-state index contributed by atoms with van der Waals surface area (Å²) in [6.07, 6.45) is 2.99. The van der Waals surface area contributed by atoms with Gasteiger partial charge in [0, 0.05) is 10.6 Å². The van der Waals surface area contributed by atoms with Gasteiger partial charge < -0.3 is 10.6 Å². The Balaban J connectivity index is 0.00000200. The minimum absolute atomic E-state index is 0. The lowest BCUT2D eigenvalue weighted by molar-refractivity contribution is -0.118. The Labute approximate surface area is 127 Å². The van der Waals surface area contributed by atoms with Crippen molar-refractivity contribution < 1.29 is 13.6 Å². The van der Waals surface area contributed by atoms with E-state index in [1.54, 1.807) is 24.3 Å². The number of anilines is 1. The molecule has 0 spiro atoms. The van der Waals surface area contributed by atoms with E-state index in [2.05, 4.69) is 10.6 Å². The van der Waals surface area contributed by atoms with Crippen molar-refractivity contribution >= 4 is 35.8 Å². The van der Waals surface area contributed by atoms with Crippen LogP contribution in [0.25, 0.3) is 0 Å². The molecule has 20 heavy (non-hydrogen) atoms. The Bertz CT molecular complexity index is 425. The van der Waals surface area contributed by atoms with Crippen LogP contribution in [0.4, 0.5) is 14.5 Å². The van der Waals surface area contributed by atoms with Crippen LogP contribution in [0.5, 0.6) is 0 Å². The van der Waals surface area contributed by atoms with Crippen LogP contribution in [0, 0.1) is 0 Å². The number of halogens is 3. The third-order valence-corrected chi connectivity index (χ3v) is 3.70. The molecule has 1 aliphatic heterocycles. The quantitative estimate of drug-likeness (QED) is 0.834. The van der Waals surface area contributed by atoms with Gasteiger partial charge in [0.1, 0.15) is 0 Å². The highest BCUT2D eigenvalue weighted by Crippen LogP contribution is 2.26. The molecule has 0 aromatic heterocycles. The zero-order chi connectivity index (χ0) is 13.7. The van der Waals surface area contributed by atoms with E-state index in [0.717, 1.165) is 25.8 Å². The molecule has 0 radical (unpaired) electrons. The lowest BCUT2D eigenvalue weighted by Crippen LogP contribution is -2.43. The number of hydrogen-bond donors (Lipinski definition) is 2. The highest BCUT2D eigenvalue weighted by molar-refractivity contribution is 7.99. The molecule has 0 aliphatic carbocycles. The van der Waals surface area contributed by atoms with Gasteiger partial charge in [-0.1, -0.05) is 18.2 Å². The Morgan fingerprint density at radius 3 is 2.55 bits per heavy atom. The predicted octanol–water partition coefficient (Wildman–Crippen LogP) is 3.50. The normalized spacial score (nSPS) is 18.4. The summed E-state index contributed by atoms with van der Waals surface area (Å²) in [5.41, 5.74) is 0.635. The average Bonchev–Trinajstić information content (AvgIpc) is 2.41. The molecular weight excluding hydrogens is 306 g/mol. The zero-order valence-electron chi connectivity index (χ0n) is 10.8. The van der Waals surface area contributed by atoms with Crippen LogP contribution >= 0.6 is 24.2 Å². The summed E-state index contributed by atoms with van der Waals surface area (Å²) in [6, 6.07) is 6.31. The summed E-state index contributed by atoms with van der Waals surface area (Å²) < 4.78 is 24.3. The second-order valence-corrected chi connectivity index (χ2v) is 5.46. The van der Waals surface area contributed by atoms with Gasteiger partial charge in [0.15, 0.2) is 0 Å². The molecule has 1 atom stereocenters. The minimum Gasteiger partial charge on any atom is -0.325 e. The Hall–Kier alpha value is -0.850. The second kappa shape index (κ2) is 8.44. The molecule has 0 unspecified atom stereocenters. The number of amides is 1. The maximum absolute atomic E-state index is 12.2. The van der Waals surface area contributed by atoms with Gasteiger partial charge in [0.25, 0.3) is 5.76 Å². The number of alkyl halides is 2. The van der Waals surface area contributed by atoms with Gasteiger partial charge in [-0.2, -0.15) is 8.78 Å². The Morgan fingerprint density at radius 2 is 2.00 bits per heavy atom. The Morgan fingerprint density at radius 1 is 1.30 bits per heavy atom. The van der Waals surface area contributed by atoms with Crippen LogP contribution in [0.3, 0.4) is 0 Å². The van der Waals surface area contributed by atoms with E-state index in [1.807, 2.05) is 0 Å². The summed E-state index contributed by atoms with van der Waals surface area (Å²) in [7, 11) is 0.